The highest BCUT2D eigenvalue weighted by molar-refractivity contribution is 9.10. The minimum atomic E-state index is -1.08. The second-order valence-corrected chi connectivity index (χ2v) is 4.36. The summed E-state index contributed by atoms with van der Waals surface area (Å²) >= 11 is 6.29. The first-order valence-electron chi connectivity index (χ1n) is 4.28. The average Bonchev–Trinajstić information content (AvgIpc) is 2.26. The van der Waals surface area contributed by atoms with Gasteiger partial charge in [-0.25, -0.2) is 4.79 Å². The highest BCUT2D eigenvalue weighted by Crippen LogP contribution is 2.24. The van der Waals surface area contributed by atoms with Crippen molar-refractivity contribution in [2.75, 3.05) is 11.9 Å². The van der Waals surface area contributed by atoms with E-state index >= 15 is 0 Å². The molecule has 86 valence electrons. The summed E-state index contributed by atoms with van der Waals surface area (Å²) in [5.41, 5.74) is 0.354. The van der Waals surface area contributed by atoms with Crippen LogP contribution in [0.3, 0.4) is 0 Å². The van der Waals surface area contributed by atoms with Crippen LogP contribution in [0, 0.1) is 0 Å². The number of carbonyl (C=O) groups excluding carboxylic acids is 1. The average molecular weight is 352 g/mol. The number of rotatable bonds is 5. The maximum absolute atomic E-state index is 11.5. The monoisotopic (exact) mass is 350 g/mol. The van der Waals surface area contributed by atoms with Crippen LogP contribution < -0.4 is 4.74 Å². The molecule has 0 aromatic heterocycles. The lowest BCUT2D eigenvalue weighted by molar-refractivity contribution is -0.139. The van der Waals surface area contributed by atoms with Gasteiger partial charge in [0.2, 0.25) is 0 Å². The summed E-state index contributed by atoms with van der Waals surface area (Å²) < 4.78 is 5.75. The normalized spacial score (nSPS) is 9.88. The summed E-state index contributed by atoms with van der Waals surface area (Å²) in [6.07, 6.45) is 0. The van der Waals surface area contributed by atoms with Gasteiger partial charge in [-0.1, -0.05) is 31.9 Å². The van der Waals surface area contributed by atoms with E-state index in [9.17, 15) is 9.59 Å². The van der Waals surface area contributed by atoms with E-state index in [0.717, 1.165) is 4.47 Å². The number of ketones is 1. The summed E-state index contributed by atoms with van der Waals surface area (Å²) in [7, 11) is 0. The molecule has 1 aromatic carbocycles. The second-order valence-electron chi connectivity index (χ2n) is 2.88. The van der Waals surface area contributed by atoms with Crippen LogP contribution in [0.25, 0.3) is 0 Å². The first-order valence-corrected chi connectivity index (χ1v) is 6.19. The molecule has 0 bridgehead atoms. The van der Waals surface area contributed by atoms with Crippen LogP contribution in [0.15, 0.2) is 22.7 Å². The van der Waals surface area contributed by atoms with Crippen molar-refractivity contribution in [1.82, 2.24) is 0 Å². The van der Waals surface area contributed by atoms with E-state index in [1.807, 2.05) is 0 Å². The highest BCUT2D eigenvalue weighted by atomic mass is 79.9. The van der Waals surface area contributed by atoms with Crippen LogP contribution >= 0.6 is 31.9 Å². The van der Waals surface area contributed by atoms with Gasteiger partial charge in [0.15, 0.2) is 12.4 Å². The molecule has 1 N–H and O–H groups in total. The molecule has 0 saturated carbocycles. The topological polar surface area (TPSA) is 63.6 Å². The van der Waals surface area contributed by atoms with Crippen molar-refractivity contribution in [3.63, 3.8) is 0 Å². The fraction of sp³-hybridized carbons (Fsp3) is 0.200. The van der Waals surface area contributed by atoms with E-state index in [-0.39, 0.29) is 16.9 Å². The summed E-state index contributed by atoms with van der Waals surface area (Å²) in [4.78, 5) is 21.9. The van der Waals surface area contributed by atoms with E-state index in [1.54, 1.807) is 18.2 Å². The zero-order valence-electron chi connectivity index (χ0n) is 8.07. The van der Waals surface area contributed by atoms with Gasteiger partial charge < -0.3 is 9.84 Å². The third-order valence-corrected chi connectivity index (χ3v) is 2.72. The molecule has 0 amide bonds. The van der Waals surface area contributed by atoms with Crippen molar-refractivity contribution in [3.8, 4) is 5.75 Å². The Morgan fingerprint density at radius 2 is 2.06 bits per heavy atom. The van der Waals surface area contributed by atoms with E-state index in [1.165, 1.54) is 0 Å². The minimum absolute atomic E-state index is 0.160. The molecule has 0 heterocycles. The number of carbonyl (C=O) groups is 2. The van der Waals surface area contributed by atoms with Crippen LogP contribution in [-0.2, 0) is 4.79 Å². The van der Waals surface area contributed by atoms with Gasteiger partial charge in [0.25, 0.3) is 0 Å². The third-order valence-electron chi connectivity index (χ3n) is 1.71. The van der Waals surface area contributed by atoms with Crippen LogP contribution in [0.2, 0.25) is 0 Å². The lowest BCUT2D eigenvalue weighted by Gasteiger charge is -2.08. The van der Waals surface area contributed by atoms with Gasteiger partial charge in [0.1, 0.15) is 5.75 Å². The van der Waals surface area contributed by atoms with Crippen LogP contribution in [0.1, 0.15) is 10.4 Å². The first kappa shape index (κ1) is 13.2. The predicted octanol–water partition coefficient (Wildman–Crippen LogP) is 2.49. The number of aliphatic carboxylic acids is 1. The van der Waals surface area contributed by atoms with Crippen molar-refractivity contribution in [3.05, 3.63) is 28.2 Å². The van der Waals surface area contributed by atoms with Crippen LogP contribution in [-0.4, -0.2) is 28.8 Å². The zero-order valence-corrected chi connectivity index (χ0v) is 11.2. The molecule has 0 aliphatic heterocycles. The molecule has 1 rings (SSSR count). The minimum Gasteiger partial charge on any atom is -0.481 e. The zero-order chi connectivity index (χ0) is 12.1. The molecule has 1 aromatic rings. The molecule has 4 nitrogen and oxygen atoms in total. The molecule has 0 fully saturated rings. The number of carboxylic acids is 1. The first-order chi connectivity index (χ1) is 7.54. The Morgan fingerprint density at radius 3 is 2.62 bits per heavy atom. The van der Waals surface area contributed by atoms with E-state index < -0.39 is 12.6 Å². The fourth-order valence-electron chi connectivity index (χ4n) is 1.06. The maximum Gasteiger partial charge on any atom is 0.341 e. The van der Waals surface area contributed by atoms with Gasteiger partial charge in [-0.3, -0.25) is 4.79 Å². The van der Waals surface area contributed by atoms with Gasteiger partial charge >= 0.3 is 5.97 Å². The summed E-state index contributed by atoms with van der Waals surface area (Å²) in [6.45, 7) is -0.468. The number of benzene rings is 1. The van der Waals surface area contributed by atoms with E-state index in [0.29, 0.717) is 5.56 Å². The number of hydrogen-bond donors (Lipinski definition) is 1. The van der Waals surface area contributed by atoms with Crippen LogP contribution in [0.4, 0.5) is 0 Å². The molecule has 0 aliphatic rings. The molecular formula is C10H8Br2O4. The maximum atomic E-state index is 11.5. The van der Waals surface area contributed by atoms with Gasteiger partial charge in [0, 0.05) is 4.47 Å². The number of carboxylic acid groups (broad SMARTS) is 1. The number of alkyl halides is 1. The number of ether oxygens (including phenoxy) is 1. The number of Topliss-reactive ketones (excluding diaryl/α,β-unsaturated/α-hetero) is 1. The standard InChI is InChI=1S/C10H8Br2O4/c11-4-8(13)7-3-6(12)1-2-9(7)16-5-10(14)15/h1-3H,4-5H2,(H,14,15). The van der Waals surface area contributed by atoms with Crippen molar-refractivity contribution >= 4 is 43.6 Å². The molecule has 0 saturated heterocycles. The third kappa shape index (κ3) is 3.61. The molecule has 0 spiro atoms. The van der Waals surface area contributed by atoms with Gasteiger partial charge in [0.05, 0.1) is 10.9 Å². The predicted molar refractivity (Wildman–Crippen MR) is 65.4 cm³/mol. The number of hydrogen-bond acceptors (Lipinski definition) is 3. The fourth-order valence-corrected chi connectivity index (χ4v) is 1.72. The van der Waals surface area contributed by atoms with Crippen LogP contribution in [0.5, 0.6) is 5.75 Å². The molecule has 6 heteroatoms. The summed E-state index contributed by atoms with van der Waals surface area (Å²) in [5, 5.41) is 8.65. The van der Waals surface area contributed by atoms with Crippen molar-refractivity contribution in [2.45, 2.75) is 0 Å². The van der Waals surface area contributed by atoms with Gasteiger partial charge in [-0.15, -0.1) is 0 Å². The summed E-state index contributed by atoms with van der Waals surface area (Å²) in [5.74, 6) is -0.975. The van der Waals surface area contributed by atoms with Crippen molar-refractivity contribution in [2.24, 2.45) is 0 Å². The second kappa shape index (κ2) is 6.00. The Balaban J connectivity index is 2.98. The molecule has 0 atom stereocenters. The molecule has 0 radical (unpaired) electrons. The lowest BCUT2D eigenvalue weighted by atomic mass is 10.1. The molecule has 0 unspecified atom stereocenters. The Kier molecular flexibility index (Phi) is 4.95. The Labute approximate surface area is 109 Å². The molecule has 16 heavy (non-hydrogen) atoms. The van der Waals surface area contributed by atoms with Crippen molar-refractivity contribution in [1.29, 1.82) is 0 Å². The Morgan fingerprint density at radius 1 is 1.38 bits per heavy atom. The van der Waals surface area contributed by atoms with Gasteiger partial charge in [-0.2, -0.15) is 0 Å². The van der Waals surface area contributed by atoms with E-state index in [4.69, 9.17) is 9.84 Å². The smallest absolute Gasteiger partial charge is 0.341 e. The summed E-state index contributed by atoms with van der Waals surface area (Å²) in [6, 6.07) is 4.84. The lowest BCUT2D eigenvalue weighted by Crippen LogP contribution is -2.12. The number of halogens is 2. The Hall–Kier alpha value is -0.880. The largest absolute Gasteiger partial charge is 0.481 e. The Bertz CT molecular complexity index is 417. The quantitative estimate of drug-likeness (QED) is 0.654. The van der Waals surface area contributed by atoms with Crippen molar-refractivity contribution < 1.29 is 19.4 Å². The van der Waals surface area contributed by atoms with Gasteiger partial charge in [-0.05, 0) is 18.2 Å². The van der Waals surface area contributed by atoms with E-state index in [2.05, 4.69) is 31.9 Å². The highest BCUT2D eigenvalue weighted by Gasteiger charge is 2.13. The molecule has 0 aliphatic carbocycles. The molecular weight excluding hydrogens is 344 g/mol. The SMILES string of the molecule is O=C(O)COc1ccc(Br)cc1C(=O)CBr.